The largest absolute Gasteiger partial charge is 0.328 e. The molecular formula is C16H22N2O4S. The number of nitrogens with zero attached hydrogens (tertiary/aromatic N) is 1. The Hall–Kier alpha value is -1.89. The Morgan fingerprint density at radius 2 is 2.04 bits per heavy atom. The van der Waals surface area contributed by atoms with Gasteiger partial charge in [-0.2, -0.15) is 0 Å². The molecule has 1 aliphatic heterocycles. The summed E-state index contributed by atoms with van der Waals surface area (Å²) in [5, 5.41) is 0. The predicted molar refractivity (Wildman–Crippen MR) is 86.2 cm³/mol. The molecule has 0 bridgehead atoms. The Kier molecular flexibility index (Phi) is 4.79. The third-order valence-corrected chi connectivity index (χ3v) is 5.53. The fraction of sp³-hybridized carbons (Fsp3) is 0.500. The molecule has 1 aromatic carbocycles. The minimum Gasteiger partial charge on any atom is -0.328 e. The number of carbonyl (C=O) groups excluding carboxylic acids is 2. The predicted octanol–water partition coefficient (Wildman–Crippen LogP) is 1.59. The molecular weight excluding hydrogens is 316 g/mol. The first-order chi connectivity index (χ1) is 10.7. The Labute approximate surface area is 136 Å². The molecule has 1 fully saturated rings. The zero-order valence-corrected chi connectivity index (χ0v) is 14.4. The quantitative estimate of drug-likeness (QED) is 0.884. The number of likely N-dealkylation sites (tertiary alicyclic amines) is 1. The minimum atomic E-state index is -3.94. The molecule has 0 spiro atoms. The van der Waals surface area contributed by atoms with Crippen molar-refractivity contribution in [3.8, 4) is 0 Å². The van der Waals surface area contributed by atoms with E-state index in [-0.39, 0.29) is 10.8 Å². The smallest absolute Gasteiger partial charge is 0.264 e. The molecule has 1 saturated heterocycles. The number of aryl methyl sites for hydroxylation is 1. The lowest BCUT2D eigenvalue weighted by atomic mass is 9.85. The molecule has 0 radical (unpaired) electrons. The highest BCUT2D eigenvalue weighted by Crippen LogP contribution is 2.32. The van der Waals surface area contributed by atoms with Gasteiger partial charge in [0.15, 0.2) is 0 Å². The summed E-state index contributed by atoms with van der Waals surface area (Å²) in [6.45, 7) is 5.74. The first-order valence-electron chi connectivity index (χ1n) is 7.65. The Balaban J connectivity index is 2.16. The van der Waals surface area contributed by atoms with Gasteiger partial charge in [-0.3, -0.25) is 9.59 Å². The topological polar surface area (TPSA) is 83.6 Å². The van der Waals surface area contributed by atoms with E-state index in [1.54, 1.807) is 26.0 Å². The second-order valence-electron chi connectivity index (χ2n) is 6.07. The normalized spacial score (nSPS) is 20.7. The molecule has 6 nitrogen and oxygen atoms in total. The van der Waals surface area contributed by atoms with Crippen molar-refractivity contribution in [2.24, 2.45) is 0 Å². The fourth-order valence-electron chi connectivity index (χ4n) is 2.62. The molecule has 0 saturated carbocycles. The summed E-state index contributed by atoms with van der Waals surface area (Å²) in [7, 11) is -3.94. The monoisotopic (exact) mass is 338 g/mol. The molecule has 1 unspecified atom stereocenters. The molecule has 0 aromatic heterocycles. The zero-order chi connectivity index (χ0) is 17.3. The highest BCUT2D eigenvalue weighted by Gasteiger charge is 2.50. The van der Waals surface area contributed by atoms with Crippen molar-refractivity contribution in [1.82, 2.24) is 9.62 Å². The van der Waals surface area contributed by atoms with E-state index >= 15 is 0 Å². The number of carbonyl (C=O) groups is 2. The van der Waals surface area contributed by atoms with Crippen LogP contribution in [0.2, 0.25) is 0 Å². The Bertz CT molecular complexity index is 729. The summed E-state index contributed by atoms with van der Waals surface area (Å²) >= 11 is 0. The highest BCUT2D eigenvalue weighted by atomic mass is 32.2. The number of sulfonamides is 1. The Morgan fingerprint density at radius 1 is 1.35 bits per heavy atom. The second-order valence-corrected chi connectivity index (χ2v) is 7.75. The van der Waals surface area contributed by atoms with Crippen LogP contribution in [0.3, 0.4) is 0 Å². The van der Waals surface area contributed by atoms with Crippen LogP contribution in [0.5, 0.6) is 0 Å². The van der Waals surface area contributed by atoms with Crippen LogP contribution < -0.4 is 4.72 Å². The highest BCUT2D eigenvalue weighted by molar-refractivity contribution is 7.90. The molecule has 1 N–H and O–H groups in total. The molecule has 7 heteroatoms. The zero-order valence-electron chi connectivity index (χ0n) is 13.6. The SMILES string of the molecule is CCCC(=O)N1CCC1(C)C(=O)NS(=O)(=O)c1cccc(C)c1. The van der Waals surface area contributed by atoms with E-state index in [4.69, 9.17) is 0 Å². The molecule has 23 heavy (non-hydrogen) atoms. The maximum absolute atomic E-state index is 12.5. The lowest BCUT2D eigenvalue weighted by Gasteiger charge is -2.48. The standard InChI is InChI=1S/C16H22N2O4S/c1-4-6-14(19)18-10-9-16(18,3)15(20)17-23(21,22)13-8-5-7-12(2)11-13/h5,7-8,11H,4,6,9-10H2,1-3H3,(H,17,20). The lowest BCUT2D eigenvalue weighted by molar-refractivity contribution is -0.156. The lowest BCUT2D eigenvalue weighted by Crippen LogP contribution is -2.67. The molecule has 1 aromatic rings. The summed E-state index contributed by atoms with van der Waals surface area (Å²) in [4.78, 5) is 26.0. The van der Waals surface area contributed by atoms with Crippen LogP contribution in [-0.4, -0.2) is 37.2 Å². The van der Waals surface area contributed by atoms with E-state index in [9.17, 15) is 18.0 Å². The first kappa shape index (κ1) is 17.5. The molecule has 126 valence electrons. The number of benzene rings is 1. The van der Waals surface area contributed by atoms with Gasteiger partial charge in [-0.1, -0.05) is 19.1 Å². The van der Waals surface area contributed by atoms with Crippen molar-refractivity contribution in [1.29, 1.82) is 0 Å². The maximum atomic E-state index is 12.5. The molecule has 1 aliphatic rings. The number of hydrogen-bond donors (Lipinski definition) is 1. The molecule has 2 amide bonds. The van der Waals surface area contributed by atoms with Crippen LogP contribution in [0.15, 0.2) is 29.2 Å². The number of rotatable bonds is 5. The third kappa shape index (κ3) is 3.39. The molecule has 1 atom stereocenters. The van der Waals surface area contributed by atoms with Crippen molar-refractivity contribution in [2.75, 3.05) is 6.54 Å². The van der Waals surface area contributed by atoms with Crippen LogP contribution in [-0.2, 0) is 19.6 Å². The number of nitrogens with one attached hydrogen (secondary N) is 1. The molecule has 2 rings (SSSR count). The van der Waals surface area contributed by atoms with Crippen molar-refractivity contribution in [3.05, 3.63) is 29.8 Å². The maximum Gasteiger partial charge on any atom is 0.264 e. The van der Waals surface area contributed by atoms with Crippen molar-refractivity contribution in [3.63, 3.8) is 0 Å². The van der Waals surface area contributed by atoms with Crippen LogP contribution >= 0.6 is 0 Å². The number of hydrogen-bond acceptors (Lipinski definition) is 4. The number of amides is 2. The fourth-order valence-corrected chi connectivity index (χ4v) is 3.80. The van der Waals surface area contributed by atoms with E-state index in [0.717, 1.165) is 5.56 Å². The average molecular weight is 338 g/mol. The van der Waals surface area contributed by atoms with E-state index in [2.05, 4.69) is 4.72 Å². The van der Waals surface area contributed by atoms with Crippen molar-refractivity contribution in [2.45, 2.75) is 50.5 Å². The third-order valence-electron chi connectivity index (χ3n) is 4.20. The minimum absolute atomic E-state index is 0.0419. The van der Waals surface area contributed by atoms with Crippen LogP contribution in [0.25, 0.3) is 0 Å². The molecule has 1 heterocycles. The van der Waals surface area contributed by atoms with Crippen molar-refractivity contribution >= 4 is 21.8 Å². The van der Waals surface area contributed by atoms with Gasteiger partial charge in [-0.05, 0) is 44.4 Å². The van der Waals surface area contributed by atoms with Gasteiger partial charge in [0, 0.05) is 13.0 Å². The van der Waals surface area contributed by atoms with Gasteiger partial charge in [-0.25, -0.2) is 13.1 Å². The van der Waals surface area contributed by atoms with Gasteiger partial charge in [0.1, 0.15) is 5.54 Å². The van der Waals surface area contributed by atoms with Crippen LogP contribution in [0.1, 0.15) is 38.7 Å². The van der Waals surface area contributed by atoms with E-state index < -0.39 is 21.5 Å². The van der Waals surface area contributed by atoms with Gasteiger partial charge >= 0.3 is 0 Å². The summed E-state index contributed by atoms with van der Waals surface area (Å²) in [6, 6.07) is 6.33. The summed E-state index contributed by atoms with van der Waals surface area (Å²) in [5.74, 6) is -0.779. The van der Waals surface area contributed by atoms with Gasteiger partial charge < -0.3 is 4.90 Å². The van der Waals surface area contributed by atoms with Gasteiger partial charge in [0.2, 0.25) is 5.91 Å². The van der Waals surface area contributed by atoms with Gasteiger partial charge in [0.25, 0.3) is 15.9 Å². The molecule has 0 aliphatic carbocycles. The summed E-state index contributed by atoms with van der Waals surface area (Å²) < 4.78 is 26.8. The van der Waals surface area contributed by atoms with Gasteiger partial charge in [0.05, 0.1) is 4.90 Å². The second kappa shape index (κ2) is 6.31. The van der Waals surface area contributed by atoms with Crippen LogP contribution in [0.4, 0.5) is 0 Å². The Morgan fingerprint density at radius 3 is 2.57 bits per heavy atom. The average Bonchev–Trinajstić information content (AvgIpc) is 2.45. The van der Waals surface area contributed by atoms with E-state index in [1.807, 2.05) is 6.92 Å². The van der Waals surface area contributed by atoms with Crippen LogP contribution in [0, 0.1) is 6.92 Å². The van der Waals surface area contributed by atoms with Gasteiger partial charge in [-0.15, -0.1) is 0 Å². The first-order valence-corrected chi connectivity index (χ1v) is 9.13. The van der Waals surface area contributed by atoms with E-state index in [0.29, 0.717) is 25.8 Å². The summed E-state index contributed by atoms with van der Waals surface area (Å²) in [6.07, 6.45) is 1.50. The van der Waals surface area contributed by atoms with E-state index in [1.165, 1.54) is 17.0 Å². The van der Waals surface area contributed by atoms with Crippen molar-refractivity contribution < 1.29 is 18.0 Å². The summed E-state index contributed by atoms with van der Waals surface area (Å²) in [5.41, 5.74) is -0.307.